The van der Waals surface area contributed by atoms with Gasteiger partial charge in [0.2, 0.25) is 0 Å². The maximum Gasteiger partial charge on any atom is 0.314 e. The molecule has 2 aliphatic rings. The lowest BCUT2D eigenvalue weighted by Gasteiger charge is -2.27. The normalized spacial score (nSPS) is 29.1. The molecule has 2 aliphatic heterocycles. The first-order valence-electron chi connectivity index (χ1n) is 4.34. The molecule has 2 rings (SSSR count). The molecule has 66 valence electrons. The summed E-state index contributed by atoms with van der Waals surface area (Å²) >= 11 is 0. The summed E-state index contributed by atoms with van der Waals surface area (Å²) in [6.45, 7) is 2.63. The SMILES string of the molecule is CC1CC2=C(CCCO2)OC1=O. The Morgan fingerprint density at radius 3 is 3.08 bits per heavy atom. The van der Waals surface area contributed by atoms with Gasteiger partial charge in [0.1, 0.15) is 11.5 Å². The Morgan fingerprint density at radius 1 is 1.42 bits per heavy atom. The lowest BCUT2D eigenvalue weighted by Crippen LogP contribution is -2.25. The Hall–Kier alpha value is -0.990. The Morgan fingerprint density at radius 2 is 2.25 bits per heavy atom. The third kappa shape index (κ3) is 1.19. The summed E-state index contributed by atoms with van der Waals surface area (Å²) in [5.41, 5.74) is 0. The molecule has 3 heteroatoms. The molecule has 3 nitrogen and oxygen atoms in total. The highest BCUT2D eigenvalue weighted by atomic mass is 16.6. The van der Waals surface area contributed by atoms with Crippen LogP contribution in [0, 0.1) is 5.92 Å². The predicted octanol–water partition coefficient (Wildman–Crippen LogP) is 1.59. The zero-order valence-electron chi connectivity index (χ0n) is 7.13. The number of carbonyl (C=O) groups is 1. The van der Waals surface area contributed by atoms with Crippen molar-refractivity contribution in [2.24, 2.45) is 5.92 Å². The van der Waals surface area contributed by atoms with E-state index in [1.807, 2.05) is 6.92 Å². The summed E-state index contributed by atoms with van der Waals surface area (Å²) in [6.07, 6.45) is 2.53. The van der Waals surface area contributed by atoms with Crippen LogP contribution in [-0.4, -0.2) is 12.6 Å². The van der Waals surface area contributed by atoms with Crippen molar-refractivity contribution in [1.82, 2.24) is 0 Å². The van der Waals surface area contributed by atoms with E-state index in [4.69, 9.17) is 9.47 Å². The Balaban J connectivity index is 2.20. The molecule has 0 aromatic carbocycles. The molecule has 0 aliphatic carbocycles. The van der Waals surface area contributed by atoms with Gasteiger partial charge in [0.15, 0.2) is 0 Å². The third-order valence-electron chi connectivity index (χ3n) is 2.25. The van der Waals surface area contributed by atoms with Crippen molar-refractivity contribution in [3.8, 4) is 0 Å². The van der Waals surface area contributed by atoms with E-state index >= 15 is 0 Å². The van der Waals surface area contributed by atoms with Gasteiger partial charge in [0, 0.05) is 12.8 Å². The van der Waals surface area contributed by atoms with E-state index in [0.717, 1.165) is 31.0 Å². The Bertz CT molecular complexity index is 242. The van der Waals surface area contributed by atoms with Crippen molar-refractivity contribution in [3.63, 3.8) is 0 Å². The molecule has 0 spiro atoms. The molecule has 0 aromatic heterocycles. The standard InChI is InChI=1S/C9H12O3/c1-6-5-8-7(12-9(6)10)3-2-4-11-8/h6H,2-5H2,1H3. The highest BCUT2D eigenvalue weighted by molar-refractivity contribution is 5.74. The topological polar surface area (TPSA) is 35.5 Å². The maximum atomic E-state index is 11.1. The first-order chi connectivity index (χ1) is 5.77. The average molecular weight is 168 g/mol. The van der Waals surface area contributed by atoms with E-state index in [-0.39, 0.29) is 11.9 Å². The fraction of sp³-hybridized carbons (Fsp3) is 0.667. The van der Waals surface area contributed by atoms with Gasteiger partial charge in [-0.05, 0) is 6.42 Å². The van der Waals surface area contributed by atoms with Gasteiger partial charge in [0.25, 0.3) is 0 Å². The van der Waals surface area contributed by atoms with Crippen LogP contribution in [0.4, 0.5) is 0 Å². The summed E-state index contributed by atoms with van der Waals surface area (Å²) in [4.78, 5) is 11.1. The van der Waals surface area contributed by atoms with Crippen molar-refractivity contribution < 1.29 is 14.3 Å². The van der Waals surface area contributed by atoms with Crippen LogP contribution >= 0.6 is 0 Å². The van der Waals surface area contributed by atoms with Gasteiger partial charge in [-0.2, -0.15) is 0 Å². The van der Waals surface area contributed by atoms with E-state index in [2.05, 4.69) is 0 Å². The van der Waals surface area contributed by atoms with Crippen molar-refractivity contribution in [1.29, 1.82) is 0 Å². The number of esters is 1. The van der Waals surface area contributed by atoms with Crippen molar-refractivity contribution in [3.05, 3.63) is 11.5 Å². The minimum atomic E-state index is -0.112. The first-order valence-corrected chi connectivity index (χ1v) is 4.34. The number of rotatable bonds is 0. The molecule has 0 fully saturated rings. The van der Waals surface area contributed by atoms with Crippen LogP contribution < -0.4 is 0 Å². The zero-order chi connectivity index (χ0) is 8.55. The summed E-state index contributed by atoms with van der Waals surface area (Å²) in [6, 6.07) is 0. The van der Waals surface area contributed by atoms with E-state index in [1.165, 1.54) is 0 Å². The van der Waals surface area contributed by atoms with Gasteiger partial charge in [0.05, 0.1) is 12.5 Å². The van der Waals surface area contributed by atoms with Gasteiger partial charge in [-0.3, -0.25) is 4.79 Å². The predicted molar refractivity (Wildman–Crippen MR) is 42.1 cm³/mol. The summed E-state index contributed by atoms with van der Waals surface area (Å²) in [5, 5.41) is 0. The first kappa shape index (κ1) is 7.65. The van der Waals surface area contributed by atoms with Crippen LogP contribution in [0.15, 0.2) is 11.5 Å². The zero-order valence-corrected chi connectivity index (χ0v) is 7.13. The molecule has 1 atom stereocenters. The summed E-state index contributed by atoms with van der Waals surface area (Å²) in [5.74, 6) is 1.51. The second kappa shape index (κ2) is 2.81. The molecule has 1 unspecified atom stereocenters. The molecule has 0 saturated carbocycles. The molecule has 0 aromatic rings. The second-order valence-electron chi connectivity index (χ2n) is 3.32. The molecule has 0 amide bonds. The highest BCUT2D eigenvalue weighted by Crippen LogP contribution is 2.30. The van der Waals surface area contributed by atoms with Gasteiger partial charge in [-0.15, -0.1) is 0 Å². The average Bonchev–Trinajstić information content (AvgIpc) is 2.07. The minimum absolute atomic E-state index is 0.0400. The number of ether oxygens (including phenoxy) is 2. The largest absolute Gasteiger partial charge is 0.494 e. The molecule has 0 saturated heterocycles. The van der Waals surface area contributed by atoms with Gasteiger partial charge in [-0.25, -0.2) is 0 Å². The minimum Gasteiger partial charge on any atom is -0.494 e. The fourth-order valence-corrected chi connectivity index (χ4v) is 1.51. The summed E-state index contributed by atoms with van der Waals surface area (Å²) in [7, 11) is 0. The highest BCUT2D eigenvalue weighted by Gasteiger charge is 2.29. The van der Waals surface area contributed by atoms with Crippen molar-refractivity contribution in [2.45, 2.75) is 26.2 Å². The lowest BCUT2D eigenvalue weighted by molar-refractivity contribution is -0.147. The fourth-order valence-electron chi connectivity index (χ4n) is 1.51. The molecule has 12 heavy (non-hydrogen) atoms. The van der Waals surface area contributed by atoms with E-state index < -0.39 is 0 Å². The number of hydrogen-bond donors (Lipinski definition) is 0. The second-order valence-corrected chi connectivity index (χ2v) is 3.32. The molecular weight excluding hydrogens is 156 g/mol. The van der Waals surface area contributed by atoms with Gasteiger partial charge >= 0.3 is 5.97 Å². The number of carbonyl (C=O) groups excluding carboxylic acids is 1. The Labute approximate surface area is 71.3 Å². The molecule has 0 N–H and O–H groups in total. The number of hydrogen-bond acceptors (Lipinski definition) is 3. The molecular formula is C9H12O3. The van der Waals surface area contributed by atoms with Crippen molar-refractivity contribution in [2.75, 3.05) is 6.61 Å². The molecule has 0 radical (unpaired) electrons. The van der Waals surface area contributed by atoms with E-state index in [1.54, 1.807) is 0 Å². The van der Waals surface area contributed by atoms with Crippen LogP contribution in [-0.2, 0) is 14.3 Å². The monoisotopic (exact) mass is 168 g/mol. The Kier molecular flexibility index (Phi) is 1.79. The quantitative estimate of drug-likeness (QED) is 0.515. The maximum absolute atomic E-state index is 11.1. The van der Waals surface area contributed by atoms with Crippen LogP contribution in [0.5, 0.6) is 0 Å². The van der Waals surface area contributed by atoms with Crippen molar-refractivity contribution >= 4 is 5.97 Å². The third-order valence-corrected chi connectivity index (χ3v) is 2.25. The van der Waals surface area contributed by atoms with Crippen LogP contribution in [0.3, 0.4) is 0 Å². The molecule has 0 bridgehead atoms. The van der Waals surface area contributed by atoms with Gasteiger partial charge < -0.3 is 9.47 Å². The van der Waals surface area contributed by atoms with Crippen LogP contribution in [0.2, 0.25) is 0 Å². The van der Waals surface area contributed by atoms with E-state index in [0.29, 0.717) is 6.42 Å². The summed E-state index contributed by atoms with van der Waals surface area (Å²) < 4.78 is 10.5. The smallest absolute Gasteiger partial charge is 0.314 e. The number of allylic oxidation sites excluding steroid dienone is 2. The molecule has 2 heterocycles. The van der Waals surface area contributed by atoms with Crippen LogP contribution in [0.1, 0.15) is 26.2 Å². The van der Waals surface area contributed by atoms with Gasteiger partial charge in [-0.1, -0.05) is 6.92 Å². The van der Waals surface area contributed by atoms with E-state index in [9.17, 15) is 4.79 Å². The lowest BCUT2D eigenvalue weighted by atomic mass is 10.0. The van der Waals surface area contributed by atoms with Crippen LogP contribution in [0.25, 0.3) is 0 Å².